The van der Waals surface area contributed by atoms with Gasteiger partial charge in [0.05, 0.1) is 16.0 Å². The van der Waals surface area contributed by atoms with Crippen molar-refractivity contribution >= 4 is 34.5 Å². The first-order chi connectivity index (χ1) is 12.4. The molecule has 2 aliphatic rings. The van der Waals surface area contributed by atoms with Gasteiger partial charge >= 0.3 is 0 Å². The summed E-state index contributed by atoms with van der Waals surface area (Å²) in [7, 11) is 0. The van der Waals surface area contributed by atoms with Crippen molar-refractivity contribution in [1.29, 1.82) is 0 Å². The van der Waals surface area contributed by atoms with Crippen molar-refractivity contribution in [3.8, 4) is 5.75 Å². The highest BCUT2D eigenvalue weighted by atomic mass is 35.5. The van der Waals surface area contributed by atoms with Crippen molar-refractivity contribution in [1.82, 2.24) is 4.90 Å². The van der Waals surface area contributed by atoms with Crippen molar-refractivity contribution in [2.75, 3.05) is 13.2 Å². The SMILES string of the molecule is C[C@H]1CC2(CCN1Cc1cccc(Cl)c1O)OCC(O)c1cc(Cl)sc12. The molecule has 140 valence electrons. The molecule has 1 aromatic heterocycles. The average molecular weight is 414 g/mol. The molecule has 7 heteroatoms. The molecule has 4 nitrogen and oxygen atoms in total. The second-order valence-electron chi connectivity index (χ2n) is 7.18. The number of phenols is 1. The molecule has 0 aliphatic carbocycles. The molecular formula is C19H21Cl2NO3S. The Bertz CT molecular complexity index is 827. The summed E-state index contributed by atoms with van der Waals surface area (Å²) in [5, 5.41) is 20.8. The van der Waals surface area contributed by atoms with Gasteiger partial charge in [-0.3, -0.25) is 4.90 Å². The third-order valence-corrected chi connectivity index (χ3v) is 7.29. The van der Waals surface area contributed by atoms with E-state index in [0.29, 0.717) is 22.5 Å². The quantitative estimate of drug-likeness (QED) is 0.748. The van der Waals surface area contributed by atoms with Gasteiger partial charge < -0.3 is 14.9 Å². The second-order valence-corrected chi connectivity index (χ2v) is 9.27. The number of para-hydroxylation sites is 1. The zero-order valence-electron chi connectivity index (χ0n) is 14.4. The number of piperidine rings is 1. The summed E-state index contributed by atoms with van der Waals surface area (Å²) >= 11 is 13.8. The molecule has 0 radical (unpaired) electrons. The number of halogens is 2. The monoisotopic (exact) mass is 413 g/mol. The molecular weight excluding hydrogens is 393 g/mol. The fourth-order valence-electron chi connectivity index (χ4n) is 4.10. The highest BCUT2D eigenvalue weighted by Crippen LogP contribution is 2.50. The van der Waals surface area contributed by atoms with Crippen molar-refractivity contribution < 1.29 is 14.9 Å². The van der Waals surface area contributed by atoms with Gasteiger partial charge in [0.25, 0.3) is 0 Å². The molecule has 1 spiro atoms. The van der Waals surface area contributed by atoms with Crippen LogP contribution < -0.4 is 0 Å². The Labute approximate surface area is 166 Å². The van der Waals surface area contributed by atoms with E-state index in [-0.39, 0.29) is 17.4 Å². The number of fused-ring (bicyclic) bond motifs is 2. The molecule has 2 aromatic rings. The van der Waals surface area contributed by atoms with Gasteiger partial charge in [0.1, 0.15) is 17.5 Å². The summed E-state index contributed by atoms with van der Waals surface area (Å²) in [6.45, 7) is 3.95. The van der Waals surface area contributed by atoms with E-state index in [2.05, 4.69) is 11.8 Å². The van der Waals surface area contributed by atoms with E-state index in [0.717, 1.165) is 35.4 Å². The van der Waals surface area contributed by atoms with Gasteiger partial charge in [-0.2, -0.15) is 0 Å². The van der Waals surface area contributed by atoms with Crippen molar-refractivity contribution in [2.24, 2.45) is 0 Å². The normalized spacial score (nSPS) is 29.1. The average Bonchev–Trinajstić information content (AvgIpc) is 3.01. The summed E-state index contributed by atoms with van der Waals surface area (Å²) < 4.78 is 6.87. The third-order valence-electron chi connectivity index (χ3n) is 5.52. The smallest absolute Gasteiger partial charge is 0.138 e. The van der Waals surface area contributed by atoms with E-state index < -0.39 is 6.10 Å². The highest BCUT2D eigenvalue weighted by molar-refractivity contribution is 7.16. The minimum Gasteiger partial charge on any atom is -0.506 e. The number of benzene rings is 1. The number of aromatic hydroxyl groups is 1. The number of aliphatic hydroxyl groups is 1. The number of aliphatic hydroxyl groups excluding tert-OH is 1. The predicted octanol–water partition coefficient (Wildman–Crippen LogP) is 4.70. The standard InChI is InChI=1S/C19H21Cl2NO3S/c1-11-8-19(18-13(7-16(21)26-18)15(23)10-25-19)5-6-22(11)9-12-3-2-4-14(20)17(12)24/h2-4,7,11,15,23-24H,5-6,8-10H2,1H3/t11-,15?,19?/m0/s1. The van der Waals surface area contributed by atoms with E-state index in [9.17, 15) is 10.2 Å². The van der Waals surface area contributed by atoms with Crippen LogP contribution in [0.3, 0.4) is 0 Å². The molecule has 1 fully saturated rings. The van der Waals surface area contributed by atoms with Crippen LogP contribution in [0.1, 0.15) is 41.9 Å². The Hall–Kier alpha value is -0.820. The summed E-state index contributed by atoms with van der Waals surface area (Å²) in [6.07, 6.45) is 1.05. The molecule has 4 rings (SSSR count). The maximum atomic E-state index is 10.2. The van der Waals surface area contributed by atoms with Crippen LogP contribution in [0.4, 0.5) is 0 Å². The van der Waals surface area contributed by atoms with Crippen LogP contribution in [0.2, 0.25) is 9.36 Å². The van der Waals surface area contributed by atoms with Crippen molar-refractivity contribution in [3.63, 3.8) is 0 Å². The highest BCUT2D eigenvalue weighted by Gasteiger charge is 2.46. The zero-order valence-corrected chi connectivity index (χ0v) is 16.7. The molecule has 3 atom stereocenters. The Morgan fingerprint density at radius 2 is 2.19 bits per heavy atom. The van der Waals surface area contributed by atoms with Gasteiger partial charge in [0.2, 0.25) is 0 Å². The summed E-state index contributed by atoms with van der Waals surface area (Å²) in [4.78, 5) is 3.40. The van der Waals surface area contributed by atoms with Gasteiger partial charge in [0.15, 0.2) is 0 Å². The van der Waals surface area contributed by atoms with Crippen LogP contribution >= 0.6 is 34.5 Å². The first-order valence-corrected chi connectivity index (χ1v) is 10.3. The Morgan fingerprint density at radius 3 is 2.96 bits per heavy atom. The summed E-state index contributed by atoms with van der Waals surface area (Å²) in [6, 6.07) is 7.59. The number of thiophene rings is 1. The van der Waals surface area contributed by atoms with Crippen LogP contribution in [0.15, 0.2) is 24.3 Å². The lowest BCUT2D eigenvalue weighted by molar-refractivity contribution is -0.139. The van der Waals surface area contributed by atoms with E-state index in [1.54, 1.807) is 6.07 Å². The molecule has 2 N–H and O–H groups in total. The largest absolute Gasteiger partial charge is 0.506 e. The van der Waals surface area contributed by atoms with Crippen LogP contribution in [0.25, 0.3) is 0 Å². The topological polar surface area (TPSA) is 52.9 Å². The van der Waals surface area contributed by atoms with Crippen molar-refractivity contribution in [2.45, 2.75) is 44.1 Å². The van der Waals surface area contributed by atoms with Crippen LogP contribution in [0.5, 0.6) is 5.75 Å². The lowest BCUT2D eigenvalue weighted by atomic mass is 9.81. The van der Waals surface area contributed by atoms with E-state index in [1.165, 1.54) is 11.3 Å². The maximum absolute atomic E-state index is 10.2. The van der Waals surface area contributed by atoms with E-state index in [4.69, 9.17) is 27.9 Å². The number of nitrogens with zero attached hydrogens (tertiary/aromatic N) is 1. The van der Waals surface area contributed by atoms with Crippen LogP contribution in [0, 0.1) is 0 Å². The van der Waals surface area contributed by atoms with Crippen LogP contribution in [-0.4, -0.2) is 34.3 Å². The minimum atomic E-state index is -0.601. The predicted molar refractivity (Wildman–Crippen MR) is 104 cm³/mol. The van der Waals surface area contributed by atoms with Crippen molar-refractivity contribution in [3.05, 3.63) is 49.6 Å². The summed E-state index contributed by atoms with van der Waals surface area (Å²) in [5.74, 6) is 0.158. The Morgan fingerprint density at radius 1 is 1.38 bits per heavy atom. The Balaban J connectivity index is 1.56. The number of phenolic OH excluding ortho intramolecular Hbond substituents is 1. The van der Waals surface area contributed by atoms with E-state index >= 15 is 0 Å². The second kappa shape index (κ2) is 6.97. The maximum Gasteiger partial charge on any atom is 0.138 e. The summed E-state index contributed by atoms with van der Waals surface area (Å²) in [5.41, 5.74) is 1.37. The molecule has 3 heterocycles. The number of likely N-dealkylation sites (tertiary alicyclic amines) is 1. The molecule has 26 heavy (non-hydrogen) atoms. The lowest BCUT2D eigenvalue weighted by Gasteiger charge is -2.47. The first kappa shape index (κ1) is 18.5. The lowest BCUT2D eigenvalue weighted by Crippen LogP contribution is -2.50. The molecule has 2 aliphatic heterocycles. The molecule has 1 aromatic carbocycles. The third kappa shape index (κ3) is 3.15. The number of hydrogen-bond acceptors (Lipinski definition) is 5. The molecule has 2 unspecified atom stereocenters. The van der Waals surface area contributed by atoms with Gasteiger partial charge in [-0.05, 0) is 31.9 Å². The van der Waals surface area contributed by atoms with E-state index in [1.807, 2.05) is 18.2 Å². The molecule has 0 saturated carbocycles. The fraction of sp³-hybridized carbons (Fsp3) is 0.474. The molecule has 0 bridgehead atoms. The first-order valence-electron chi connectivity index (χ1n) is 8.72. The fourth-order valence-corrected chi connectivity index (χ4v) is 5.77. The van der Waals surface area contributed by atoms with Gasteiger partial charge in [0, 0.05) is 35.1 Å². The van der Waals surface area contributed by atoms with Gasteiger partial charge in [-0.1, -0.05) is 35.3 Å². The van der Waals surface area contributed by atoms with Crippen LogP contribution in [-0.2, 0) is 16.9 Å². The number of ether oxygens (including phenoxy) is 1. The van der Waals surface area contributed by atoms with Gasteiger partial charge in [-0.25, -0.2) is 0 Å². The minimum absolute atomic E-state index is 0.158. The Kier molecular flexibility index (Phi) is 4.97. The number of rotatable bonds is 2. The molecule has 1 saturated heterocycles. The molecule has 0 amide bonds. The zero-order chi connectivity index (χ0) is 18.5. The number of hydrogen-bond donors (Lipinski definition) is 2. The van der Waals surface area contributed by atoms with Gasteiger partial charge in [-0.15, -0.1) is 11.3 Å².